The average molecular weight is 658 g/mol. The van der Waals surface area contributed by atoms with E-state index in [0.717, 1.165) is 11.1 Å². The molecule has 4 heterocycles. The van der Waals surface area contributed by atoms with Gasteiger partial charge < -0.3 is 39.7 Å². The summed E-state index contributed by atoms with van der Waals surface area (Å²) in [6.07, 6.45) is 1.36. The molecule has 7 rings (SSSR count). The zero-order chi connectivity index (χ0) is 33.7. The Morgan fingerprint density at radius 2 is 1.48 bits per heavy atom. The second-order valence-corrected chi connectivity index (χ2v) is 12.7. The third-order valence-electron chi connectivity index (χ3n) is 9.66. The number of likely N-dealkylation sites (tertiary alicyclic amines) is 1. The molecule has 5 aliphatic rings. The summed E-state index contributed by atoms with van der Waals surface area (Å²) >= 11 is 0. The number of hydrogen-bond acceptors (Lipinski definition) is 11. The van der Waals surface area contributed by atoms with Crippen LogP contribution in [0.1, 0.15) is 70.4 Å². The van der Waals surface area contributed by atoms with Crippen LogP contribution in [0, 0.1) is 5.92 Å². The molecule has 2 aromatic rings. The van der Waals surface area contributed by atoms with Gasteiger partial charge in [0.05, 0.1) is 19.1 Å². The summed E-state index contributed by atoms with van der Waals surface area (Å²) in [6, 6.07) is 7.31. The highest BCUT2D eigenvalue weighted by Crippen LogP contribution is 2.30. The quantitative estimate of drug-likeness (QED) is 0.190. The van der Waals surface area contributed by atoms with E-state index in [2.05, 4.69) is 10.6 Å². The molecule has 17 heteroatoms. The number of nitrogens with one attached hydrogen (secondary N) is 2. The van der Waals surface area contributed by atoms with Gasteiger partial charge in [0, 0.05) is 42.6 Å². The van der Waals surface area contributed by atoms with E-state index in [9.17, 15) is 38.8 Å². The van der Waals surface area contributed by atoms with Gasteiger partial charge in [0.2, 0.25) is 5.91 Å². The highest BCUT2D eigenvalue weighted by Gasteiger charge is 2.45. The van der Waals surface area contributed by atoms with E-state index in [-0.39, 0.29) is 50.1 Å². The van der Waals surface area contributed by atoms with Gasteiger partial charge in [0.15, 0.2) is 0 Å². The van der Waals surface area contributed by atoms with Crippen molar-refractivity contribution in [1.82, 2.24) is 20.6 Å². The molecule has 0 bridgehead atoms. The minimum absolute atomic E-state index is 0.00913. The second-order valence-electron chi connectivity index (χ2n) is 12.7. The van der Waals surface area contributed by atoms with Crippen LogP contribution in [0.25, 0.3) is 0 Å². The Kier molecular flexibility index (Phi) is 8.53. The summed E-state index contributed by atoms with van der Waals surface area (Å²) in [5.74, 6) is -4.31. The van der Waals surface area contributed by atoms with Crippen LogP contribution < -0.4 is 21.6 Å². The lowest BCUT2D eigenvalue weighted by Gasteiger charge is -2.27. The molecule has 1 aliphatic carbocycles. The van der Waals surface area contributed by atoms with Gasteiger partial charge in [-0.3, -0.25) is 24.0 Å². The van der Waals surface area contributed by atoms with E-state index in [1.165, 1.54) is 11.0 Å². The maximum atomic E-state index is 13.9. The molecule has 15 nitrogen and oxygen atoms in total. The Morgan fingerprint density at radius 3 is 2.15 bits per heavy atom. The molecule has 4 atom stereocenters. The number of amides is 5. The molecule has 5 amide bonds. The first kappa shape index (κ1) is 32.0. The number of nitrogens with zero attached hydrogens (tertiary/aromatic N) is 2. The number of carbonyl (C=O) groups is 6. The van der Waals surface area contributed by atoms with Gasteiger partial charge in [-0.25, -0.2) is 4.79 Å². The van der Waals surface area contributed by atoms with E-state index in [0.29, 0.717) is 35.3 Å². The Labute approximate surface area is 275 Å². The van der Waals surface area contributed by atoms with Gasteiger partial charge in [-0.15, -0.1) is 5.06 Å². The predicted molar refractivity (Wildman–Crippen MR) is 165 cm³/mol. The van der Waals surface area contributed by atoms with E-state index >= 15 is 0 Å². The standard InChI is InChI=1S/C31H32B2N4O11/c38-26-8-9-27(39)37(26)48-31(43)21-2-1-3-24(21)35-29(41)25-12-20(34-28(40)16-4-6-18-14-46-32(44)22(18)10-16)13-36(25)30(42)17-5-7-19-15-47-33(45)23(19)11-17/h4-7,10-11,20-21,24-25,44-45H,1-3,8-9,12-15H2,(H,34,40)(H,35,41)/t20-,21?,24?,25+/m1/s1. The zero-order valence-electron chi connectivity index (χ0n) is 25.8. The highest BCUT2D eigenvalue weighted by molar-refractivity contribution is 6.62. The number of carbonyl (C=O) groups excluding carboxylic acids is 6. The molecule has 0 aromatic heterocycles. The summed E-state index contributed by atoms with van der Waals surface area (Å²) in [5, 5.41) is 26.6. The Bertz CT molecular complexity index is 1710. The average Bonchev–Trinajstić information content (AvgIpc) is 3.92. The van der Waals surface area contributed by atoms with Crippen LogP contribution >= 0.6 is 0 Å². The molecule has 0 spiro atoms. The van der Waals surface area contributed by atoms with Crippen LogP contribution in [0.15, 0.2) is 36.4 Å². The van der Waals surface area contributed by atoms with Gasteiger partial charge >= 0.3 is 20.2 Å². The minimum atomic E-state index is -1.18. The first-order chi connectivity index (χ1) is 23.1. The first-order valence-corrected chi connectivity index (χ1v) is 15.9. The lowest BCUT2D eigenvalue weighted by Crippen LogP contribution is -2.51. The van der Waals surface area contributed by atoms with Crippen molar-refractivity contribution in [2.75, 3.05) is 6.54 Å². The zero-order valence-corrected chi connectivity index (χ0v) is 25.8. The molecule has 1 saturated carbocycles. The summed E-state index contributed by atoms with van der Waals surface area (Å²) < 4.78 is 10.5. The van der Waals surface area contributed by atoms with Gasteiger partial charge in [-0.2, -0.15) is 0 Å². The minimum Gasteiger partial charge on any atom is -0.423 e. The normalized spacial score (nSPS) is 24.6. The maximum Gasteiger partial charge on any atom is 0.491 e. The molecule has 48 heavy (non-hydrogen) atoms. The van der Waals surface area contributed by atoms with Crippen molar-refractivity contribution < 1.29 is 53.0 Å². The molecule has 0 radical (unpaired) electrons. The van der Waals surface area contributed by atoms with Crippen LogP contribution in [0.2, 0.25) is 0 Å². The van der Waals surface area contributed by atoms with Crippen LogP contribution in [-0.4, -0.2) is 94.4 Å². The molecule has 4 aliphatic heterocycles. The van der Waals surface area contributed by atoms with Crippen molar-refractivity contribution in [2.24, 2.45) is 5.92 Å². The second kappa shape index (κ2) is 12.8. The topological polar surface area (TPSA) is 201 Å². The fourth-order valence-corrected chi connectivity index (χ4v) is 7.06. The largest absolute Gasteiger partial charge is 0.491 e. The maximum absolute atomic E-state index is 13.9. The molecule has 2 saturated heterocycles. The SMILES string of the molecule is O=C(N[C@@H]1C[C@@H](C(=O)NC2CCCC2C(=O)ON2C(=O)CCC2=O)N(C(=O)c2ccc3c(c2)B(O)OC3)C1)c1ccc2c(c1)B(O)OC2. The van der Waals surface area contributed by atoms with Crippen LogP contribution in [0.4, 0.5) is 0 Å². The molecule has 2 aromatic carbocycles. The van der Waals surface area contributed by atoms with Crippen molar-refractivity contribution in [1.29, 1.82) is 0 Å². The van der Waals surface area contributed by atoms with Crippen LogP contribution in [0.5, 0.6) is 0 Å². The third kappa shape index (κ3) is 5.98. The first-order valence-electron chi connectivity index (χ1n) is 15.9. The van der Waals surface area contributed by atoms with Crippen molar-refractivity contribution in [3.8, 4) is 0 Å². The number of benzene rings is 2. The Balaban J connectivity index is 1.09. The number of hydroxylamine groups is 2. The van der Waals surface area contributed by atoms with Crippen LogP contribution in [0.3, 0.4) is 0 Å². The number of imide groups is 1. The van der Waals surface area contributed by atoms with Gasteiger partial charge in [0.25, 0.3) is 23.6 Å². The molecule has 248 valence electrons. The summed E-state index contributed by atoms with van der Waals surface area (Å²) in [6.45, 7) is 0.421. The van der Waals surface area contributed by atoms with E-state index in [1.807, 2.05) is 0 Å². The molecule has 3 fully saturated rings. The van der Waals surface area contributed by atoms with Crippen molar-refractivity contribution >= 4 is 60.7 Å². The number of rotatable bonds is 7. The fourth-order valence-electron chi connectivity index (χ4n) is 7.06. The van der Waals surface area contributed by atoms with Crippen molar-refractivity contribution in [2.45, 2.75) is 69.9 Å². The van der Waals surface area contributed by atoms with Gasteiger partial charge in [-0.05, 0) is 65.6 Å². The Morgan fingerprint density at radius 1 is 0.854 bits per heavy atom. The lowest BCUT2D eigenvalue weighted by atomic mass is 9.78. The van der Waals surface area contributed by atoms with Crippen molar-refractivity contribution in [3.63, 3.8) is 0 Å². The smallest absolute Gasteiger partial charge is 0.423 e. The molecule has 4 N–H and O–H groups in total. The summed E-state index contributed by atoms with van der Waals surface area (Å²) in [7, 11) is -2.32. The molecule has 2 unspecified atom stereocenters. The van der Waals surface area contributed by atoms with E-state index in [4.69, 9.17) is 14.1 Å². The third-order valence-corrected chi connectivity index (χ3v) is 9.66. The van der Waals surface area contributed by atoms with E-state index in [1.54, 1.807) is 30.3 Å². The fraction of sp³-hybridized carbons (Fsp3) is 0.419. The van der Waals surface area contributed by atoms with Gasteiger partial charge in [0.1, 0.15) is 6.04 Å². The Hall–Kier alpha value is -4.57. The highest BCUT2D eigenvalue weighted by atomic mass is 16.7. The van der Waals surface area contributed by atoms with Crippen LogP contribution in [-0.2, 0) is 46.5 Å². The summed E-state index contributed by atoms with van der Waals surface area (Å²) in [4.78, 5) is 84.5. The summed E-state index contributed by atoms with van der Waals surface area (Å²) in [5.41, 5.74) is 2.95. The predicted octanol–water partition coefficient (Wildman–Crippen LogP) is -1.97. The van der Waals surface area contributed by atoms with E-state index < -0.39 is 73.8 Å². The monoisotopic (exact) mass is 658 g/mol. The molecular weight excluding hydrogens is 626 g/mol. The number of fused-ring (bicyclic) bond motifs is 2. The lowest BCUT2D eigenvalue weighted by molar-refractivity contribution is -0.201. The number of hydrogen-bond donors (Lipinski definition) is 4. The van der Waals surface area contributed by atoms with Gasteiger partial charge in [-0.1, -0.05) is 18.6 Å². The molecular formula is C31H32B2N4O11. The van der Waals surface area contributed by atoms with Crippen molar-refractivity contribution in [3.05, 3.63) is 58.7 Å².